The Balaban J connectivity index is 2.02. The lowest BCUT2D eigenvalue weighted by Crippen LogP contribution is -2.41. The molecule has 1 saturated heterocycles. The maximum absolute atomic E-state index is 12.6. The minimum Gasteiger partial charge on any atom is -0.385 e. The molecule has 1 aromatic heterocycles. The first-order chi connectivity index (χ1) is 9.76. The number of nitrogens with zero attached hydrogens (tertiary/aromatic N) is 2. The number of carbonyl (C=O) groups excluding carboxylic acids is 1. The van der Waals surface area contributed by atoms with Gasteiger partial charge in [-0.2, -0.15) is 0 Å². The van der Waals surface area contributed by atoms with Crippen molar-refractivity contribution < 1.29 is 9.53 Å². The number of hydrogen-bond donors (Lipinski definition) is 1. The zero-order chi connectivity index (χ0) is 14.4. The molecule has 0 aromatic carbocycles. The molecular weight excluding hydrogens is 254 g/mol. The van der Waals surface area contributed by atoms with Gasteiger partial charge in [-0.1, -0.05) is 0 Å². The number of piperidine rings is 1. The molecule has 1 aliphatic heterocycles. The van der Waals surface area contributed by atoms with Crippen molar-refractivity contribution >= 4 is 11.6 Å². The SMILES string of the molecule is CCNc1ccncc1C(=O)N1CCC(OCC)CC1. The van der Waals surface area contributed by atoms with E-state index in [0.29, 0.717) is 11.7 Å². The van der Waals surface area contributed by atoms with Gasteiger partial charge in [0.05, 0.1) is 17.4 Å². The number of likely N-dealkylation sites (tertiary alicyclic amines) is 1. The van der Waals surface area contributed by atoms with Gasteiger partial charge in [0.15, 0.2) is 0 Å². The Morgan fingerprint density at radius 3 is 2.85 bits per heavy atom. The third-order valence-electron chi connectivity index (χ3n) is 3.55. The van der Waals surface area contributed by atoms with E-state index in [1.54, 1.807) is 12.4 Å². The van der Waals surface area contributed by atoms with E-state index in [0.717, 1.165) is 44.8 Å². The second-order valence-electron chi connectivity index (χ2n) is 4.90. The molecule has 2 rings (SSSR count). The first kappa shape index (κ1) is 14.8. The summed E-state index contributed by atoms with van der Waals surface area (Å²) in [4.78, 5) is 18.5. The Labute approximate surface area is 120 Å². The summed E-state index contributed by atoms with van der Waals surface area (Å²) in [5.74, 6) is 0.0593. The number of pyridine rings is 1. The van der Waals surface area contributed by atoms with Crippen LogP contribution in [0, 0.1) is 0 Å². The predicted molar refractivity (Wildman–Crippen MR) is 79.0 cm³/mol. The maximum Gasteiger partial charge on any atom is 0.257 e. The van der Waals surface area contributed by atoms with Gasteiger partial charge in [-0.25, -0.2) is 0 Å². The minimum atomic E-state index is 0.0593. The molecule has 1 aromatic rings. The van der Waals surface area contributed by atoms with Gasteiger partial charge in [0.25, 0.3) is 5.91 Å². The molecule has 0 aliphatic carbocycles. The Bertz CT molecular complexity index is 442. The summed E-state index contributed by atoms with van der Waals surface area (Å²) in [6, 6.07) is 1.85. The molecule has 1 amide bonds. The van der Waals surface area contributed by atoms with Crippen LogP contribution in [0.4, 0.5) is 5.69 Å². The van der Waals surface area contributed by atoms with Crippen molar-refractivity contribution in [3.8, 4) is 0 Å². The average Bonchev–Trinajstić information content (AvgIpc) is 2.49. The topological polar surface area (TPSA) is 54.5 Å². The Hall–Kier alpha value is -1.62. The fourth-order valence-electron chi connectivity index (χ4n) is 2.54. The average molecular weight is 277 g/mol. The number of rotatable bonds is 5. The molecule has 0 bridgehead atoms. The van der Waals surface area contributed by atoms with E-state index in [-0.39, 0.29) is 5.91 Å². The fraction of sp³-hybridized carbons (Fsp3) is 0.600. The van der Waals surface area contributed by atoms with Crippen molar-refractivity contribution in [1.82, 2.24) is 9.88 Å². The van der Waals surface area contributed by atoms with E-state index in [4.69, 9.17) is 4.74 Å². The number of amides is 1. The summed E-state index contributed by atoms with van der Waals surface area (Å²) in [6.45, 7) is 7.06. The van der Waals surface area contributed by atoms with Crippen LogP contribution in [-0.2, 0) is 4.74 Å². The Kier molecular flexibility index (Phi) is 5.35. The minimum absolute atomic E-state index is 0.0593. The van der Waals surface area contributed by atoms with E-state index >= 15 is 0 Å². The van der Waals surface area contributed by atoms with E-state index in [1.807, 2.05) is 24.8 Å². The molecule has 5 nitrogen and oxygen atoms in total. The highest BCUT2D eigenvalue weighted by Crippen LogP contribution is 2.20. The van der Waals surface area contributed by atoms with Gasteiger partial charge in [-0.3, -0.25) is 9.78 Å². The van der Waals surface area contributed by atoms with Crippen LogP contribution >= 0.6 is 0 Å². The van der Waals surface area contributed by atoms with Gasteiger partial charge >= 0.3 is 0 Å². The summed E-state index contributed by atoms with van der Waals surface area (Å²) in [5, 5.41) is 3.21. The fourth-order valence-corrected chi connectivity index (χ4v) is 2.54. The van der Waals surface area contributed by atoms with Crippen LogP contribution in [0.1, 0.15) is 37.0 Å². The zero-order valence-electron chi connectivity index (χ0n) is 12.3. The normalized spacial score (nSPS) is 16.2. The summed E-state index contributed by atoms with van der Waals surface area (Å²) in [5.41, 5.74) is 1.52. The molecule has 5 heteroatoms. The number of ether oxygens (including phenoxy) is 1. The number of anilines is 1. The standard InChI is InChI=1S/C15H23N3O2/c1-3-17-14-5-8-16-11-13(14)15(19)18-9-6-12(7-10-18)20-4-2/h5,8,11-12H,3-4,6-7,9-10H2,1-2H3,(H,16,17). The molecule has 1 aliphatic rings. The van der Waals surface area contributed by atoms with E-state index in [1.165, 1.54) is 0 Å². The molecule has 0 unspecified atom stereocenters. The molecule has 0 atom stereocenters. The highest BCUT2D eigenvalue weighted by Gasteiger charge is 2.25. The summed E-state index contributed by atoms with van der Waals surface area (Å²) in [6.07, 6.45) is 5.48. The van der Waals surface area contributed by atoms with Gasteiger partial charge in [0.2, 0.25) is 0 Å². The third-order valence-corrected chi connectivity index (χ3v) is 3.55. The number of hydrogen-bond acceptors (Lipinski definition) is 4. The van der Waals surface area contributed by atoms with Crippen molar-refractivity contribution in [2.24, 2.45) is 0 Å². The molecule has 1 fully saturated rings. The van der Waals surface area contributed by atoms with Crippen LogP contribution in [0.2, 0.25) is 0 Å². The van der Waals surface area contributed by atoms with Gasteiger partial charge < -0.3 is 15.0 Å². The first-order valence-electron chi connectivity index (χ1n) is 7.35. The van der Waals surface area contributed by atoms with Crippen LogP contribution in [0.25, 0.3) is 0 Å². The Morgan fingerprint density at radius 2 is 2.20 bits per heavy atom. The molecule has 110 valence electrons. The number of carbonyl (C=O) groups is 1. The van der Waals surface area contributed by atoms with Crippen molar-refractivity contribution in [2.45, 2.75) is 32.8 Å². The summed E-state index contributed by atoms with van der Waals surface area (Å²) >= 11 is 0. The monoisotopic (exact) mass is 277 g/mol. The molecular formula is C15H23N3O2. The molecule has 0 radical (unpaired) electrons. The van der Waals surface area contributed by atoms with Crippen molar-refractivity contribution in [3.63, 3.8) is 0 Å². The van der Waals surface area contributed by atoms with Crippen molar-refractivity contribution in [3.05, 3.63) is 24.0 Å². The van der Waals surface area contributed by atoms with Crippen LogP contribution in [-0.4, -0.2) is 48.1 Å². The van der Waals surface area contributed by atoms with Gasteiger partial charge in [-0.05, 0) is 32.8 Å². The van der Waals surface area contributed by atoms with E-state index in [2.05, 4.69) is 10.3 Å². The highest BCUT2D eigenvalue weighted by atomic mass is 16.5. The second kappa shape index (κ2) is 7.24. The van der Waals surface area contributed by atoms with Gasteiger partial charge in [-0.15, -0.1) is 0 Å². The lowest BCUT2D eigenvalue weighted by molar-refractivity contribution is 0.0146. The largest absolute Gasteiger partial charge is 0.385 e. The molecule has 2 heterocycles. The Morgan fingerprint density at radius 1 is 1.45 bits per heavy atom. The molecule has 0 spiro atoms. The van der Waals surface area contributed by atoms with Crippen molar-refractivity contribution in [1.29, 1.82) is 0 Å². The van der Waals surface area contributed by atoms with Gasteiger partial charge in [0, 0.05) is 38.6 Å². The highest BCUT2D eigenvalue weighted by molar-refractivity contribution is 5.99. The lowest BCUT2D eigenvalue weighted by Gasteiger charge is -2.32. The third kappa shape index (κ3) is 3.48. The maximum atomic E-state index is 12.6. The predicted octanol–water partition coefficient (Wildman–Crippen LogP) is 2.15. The van der Waals surface area contributed by atoms with Crippen LogP contribution in [0.3, 0.4) is 0 Å². The van der Waals surface area contributed by atoms with Crippen LogP contribution in [0.15, 0.2) is 18.5 Å². The number of aromatic nitrogens is 1. The lowest BCUT2D eigenvalue weighted by atomic mass is 10.1. The molecule has 1 N–H and O–H groups in total. The van der Waals surface area contributed by atoms with Crippen LogP contribution in [0.5, 0.6) is 0 Å². The first-order valence-corrected chi connectivity index (χ1v) is 7.35. The van der Waals surface area contributed by atoms with Crippen molar-refractivity contribution in [2.75, 3.05) is 31.6 Å². The smallest absolute Gasteiger partial charge is 0.257 e. The zero-order valence-corrected chi connectivity index (χ0v) is 12.3. The molecule has 0 saturated carbocycles. The van der Waals surface area contributed by atoms with Gasteiger partial charge in [0.1, 0.15) is 0 Å². The summed E-state index contributed by atoms with van der Waals surface area (Å²) in [7, 11) is 0. The summed E-state index contributed by atoms with van der Waals surface area (Å²) < 4.78 is 5.62. The van der Waals surface area contributed by atoms with E-state index in [9.17, 15) is 4.79 Å². The molecule has 20 heavy (non-hydrogen) atoms. The quantitative estimate of drug-likeness (QED) is 0.896. The van der Waals surface area contributed by atoms with E-state index < -0.39 is 0 Å². The number of nitrogens with one attached hydrogen (secondary N) is 1. The second-order valence-corrected chi connectivity index (χ2v) is 4.90. The van der Waals surface area contributed by atoms with Crippen LogP contribution < -0.4 is 5.32 Å².